The van der Waals surface area contributed by atoms with Gasteiger partial charge in [0.25, 0.3) is 0 Å². The van der Waals surface area contributed by atoms with E-state index in [-0.39, 0.29) is 11.5 Å². The molecule has 0 aromatic heterocycles. The number of rotatable bonds is 1. The van der Waals surface area contributed by atoms with Gasteiger partial charge in [-0.15, -0.1) is 0 Å². The summed E-state index contributed by atoms with van der Waals surface area (Å²) in [4.78, 5) is 3.99. The van der Waals surface area contributed by atoms with E-state index in [0.717, 1.165) is 0 Å². The molecule has 3 nitrogen and oxygen atoms in total. The fraction of sp³-hybridized carbons (Fsp3) is 1.00. The van der Waals surface area contributed by atoms with E-state index >= 15 is 0 Å². The van der Waals surface area contributed by atoms with Gasteiger partial charge in [-0.2, -0.15) is 11.5 Å². The second kappa shape index (κ2) is 3.91. The molecular weight excluding hydrogens is 90.1 g/mol. The Morgan fingerprint density at radius 3 is 2.60 bits per heavy atom. The van der Waals surface area contributed by atoms with Crippen molar-refractivity contribution in [2.45, 2.75) is 0 Å². The molecule has 0 N–H and O–H groups in total. The van der Waals surface area contributed by atoms with Crippen LogP contribution < -0.4 is 0 Å². The van der Waals surface area contributed by atoms with Gasteiger partial charge in [-0.3, -0.25) is 9.36 Å². The summed E-state index contributed by atoms with van der Waals surface area (Å²) in [5.74, 6) is 0. The third-order valence-electron chi connectivity index (χ3n) is 0.115. The Hall–Kier alpha value is -0.0900. The van der Waals surface area contributed by atoms with Crippen molar-refractivity contribution in [1.82, 2.24) is 0 Å². The Morgan fingerprint density at radius 1 is 2.00 bits per heavy atom. The zero-order valence-corrected chi connectivity index (χ0v) is 3.61. The molecule has 0 aromatic carbocycles. The van der Waals surface area contributed by atoms with Crippen molar-refractivity contribution in [3.63, 3.8) is 0 Å². The summed E-state index contributed by atoms with van der Waals surface area (Å²) in [5.41, 5.74) is 0. The van der Waals surface area contributed by atoms with Crippen LogP contribution in [0, 0.1) is 0 Å². The summed E-state index contributed by atoms with van der Waals surface area (Å²) in [6.07, 6.45) is 0. The largest absolute Gasteiger partial charge is 0.445 e. The van der Waals surface area contributed by atoms with Crippen molar-refractivity contribution in [3.05, 3.63) is 0 Å². The van der Waals surface area contributed by atoms with E-state index in [1.807, 2.05) is 0 Å². The lowest BCUT2D eigenvalue weighted by atomic mass is 11.7. The SMILES string of the molecule is CON=[SH-]=O. The highest BCUT2D eigenvalue weighted by molar-refractivity contribution is 7.54. The summed E-state index contributed by atoms with van der Waals surface area (Å²) in [6, 6.07) is 0. The summed E-state index contributed by atoms with van der Waals surface area (Å²) in [5, 5.41) is 0. The second-order valence-corrected chi connectivity index (χ2v) is 0.672. The van der Waals surface area contributed by atoms with Crippen molar-refractivity contribution in [3.8, 4) is 0 Å². The second-order valence-electron chi connectivity index (χ2n) is 0.346. The van der Waals surface area contributed by atoms with Crippen molar-refractivity contribution in [1.29, 1.82) is 0 Å². The average molecular weight is 94.1 g/mol. The molecule has 0 rings (SSSR count). The van der Waals surface area contributed by atoms with Crippen molar-refractivity contribution < 1.29 is 9.05 Å². The average Bonchev–Trinajstić information content (AvgIpc) is 1.41. The van der Waals surface area contributed by atoms with E-state index in [1.165, 1.54) is 7.11 Å². The summed E-state index contributed by atoms with van der Waals surface area (Å²) >= 11 is -0.318. The van der Waals surface area contributed by atoms with Crippen molar-refractivity contribution in [2.75, 3.05) is 7.11 Å². The summed E-state index contributed by atoms with van der Waals surface area (Å²) < 4.78 is 12.1. The Balaban J connectivity index is 2.93. The van der Waals surface area contributed by atoms with Crippen LogP contribution in [0.4, 0.5) is 0 Å². The zero-order valence-electron chi connectivity index (χ0n) is 2.71. The van der Waals surface area contributed by atoms with Crippen LogP contribution in [0.1, 0.15) is 0 Å². The van der Waals surface area contributed by atoms with Gasteiger partial charge in [0.2, 0.25) is 0 Å². The van der Waals surface area contributed by atoms with Crippen LogP contribution in [0.2, 0.25) is 0 Å². The first-order chi connectivity index (χ1) is 2.41. The van der Waals surface area contributed by atoms with E-state index in [1.54, 1.807) is 0 Å². The molecule has 0 aliphatic rings. The fourth-order valence-electron chi connectivity index (χ4n) is 0.0333. The third-order valence-corrected chi connectivity index (χ3v) is 0.345. The van der Waals surface area contributed by atoms with Gasteiger partial charge in [-0.05, 0) is 0 Å². The van der Waals surface area contributed by atoms with E-state index in [0.29, 0.717) is 0 Å². The molecule has 0 amide bonds. The van der Waals surface area contributed by atoms with Crippen LogP contribution in [-0.4, -0.2) is 7.11 Å². The molecule has 0 saturated carbocycles. The highest BCUT2D eigenvalue weighted by atomic mass is 32.1. The minimum atomic E-state index is -0.318. The lowest BCUT2D eigenvalue weighted by Gasteiger charge is -1.75. The maximum atomic E-state index is 9.21. The molecule has 0 heterocycles. The van der Waals surface area contributed by atoms with Gasteiger partial charge in [-0.1, -0.05) is 0 Å². The molecule has 0 aliphatic heterocycles. The van der Waals surface area contributed by atoms with Gasteiger partial charge in [0.1, 0.15) is 0 Å². The van der Waals surface area contributed by atoms with Crippen molar-refractivity contribution in [2.24, 2.45) is 4.53 Å². The van der Waals surface area contributed by atoms with E-state index in [4.69, 9.17) is 0 Å². The molecule has 0 aromatic rings. The predicted octanol–water partition coefficient (Wildman–Crippen LogP) is -0.108. The Morgan fingerprint density at radius 2 is 2.60 bits per heavy atom. The lowest BCUT2D eigenvalue weighted by molar-refractivity contribution is 0.220. The van der Waals surface area contributed by atoms with E-state index in [9.17, 15) is 4.21 Å². The maximum Gasteiger partial charge on any atom is 0.0635 e. The summed E-state index contributed by atoms with van der Waals surface area (Å²) in [7, 11) is 1.34. The Bertz CT molecular complexity index is 56.7. The zero-order chi connectivity index (χ0) is 4.12. The molecule has 0 unspecified atom stereocenters. The predicted molar refractivity (Wildman–Crippen MR) is 18.9 cm³/mol. The topological polar surface area (TPSA) is 38.7 Å². The Labute approximate surface area is 33.1 Å². The highest BCUT2D eigenvalue weighted by Gasteiger charge is 1.34. The minimum Gasteiger partial charge on any atom is -0.445 e. The van der Waals surface area contributed by atoms with Gasteiger partial charge in [0.15, 0.2) is 0 Å². The monoisotopic (exact) mass is 94.0 g/mol. The van der Waals surface area contributed by atoms with Crippen LogP contribution in [-0.2, 0) is 20.5 Å². The maximum absolute atomic E-state index is 9.21. The van der Waals surface area contributed by atoms with Crippen LogP contribution in [0.25, 0.3) is 0 Å². The molecule has 0 radical (unpaired) electrons. The molecule has 0 atom stereocenters. The van der Waals surface area contributed by atoms with Gasteiger partial charge < -0.3 is 4.21 Å². The molecule has 5 heavy (non-hydrogen) atoms. The molecule has 0 aliphatic carbocycles. The first-order valence-corrected chi connectivity index (χ1v) is 1.74. The molecule has 0 saturated heterocycles. The fourth-order valence-corrected chi connectivity index (χ4v) is 0.100. The minimum absolute atomic E-state index is 0.318. The van der Waals surface area contributed by atoms with Gasteiger partial charge in [0, 0.05) is 0 Å². The molecule has 32 valence electrons. The number of nitrogens with zero attached hydrogens (tertiary/aromatic N) is 1. The van der Waals surface area contributed by atoms with E-state index in [2.05, 4.69) is 9.36 Å². The van der Waals surface area contributed by atoms with E-state index < -0.39 is 0 Å². The first kappa shape index (κ1) is 4.91. The normalized spacial score (nSPS) is 7.40. The number of thiol groups is 1. The van der Waals surface area contributed by atoms with Crippen LogP contribution in [0.5, 0.6) is 0 Å². The van der Waals surface area contributed by atoms with Gasteiger partial charge in [0.05, 0.1) is 7.11 Å². The number of hydrogen-bond donors (Lipinski definition) is 0. The smallest absolute Gasteiger partial charge is 0.0635 e. The first-order valence-electron chi connectivity index (χ1n) is 0.973. The third kappa shape index (κ3) is 3.91. The quantitative estimate of drug-likeness (QED) is 0.258. The van der Waals surface area contributed by atoms with Crippen molar-refractivity contribution >= 4 is 11.5 Å². The Kier molecular flexibility index (Phi) is 3.84. The number of hydrogen-bond acceptors (Lipinski definition) is 4. The molecule has 4 heteroatoms. The highest BCUT2D eigenvalue weighted by Crippen LogP contribution is 1.55. The van der Waals surface area contributed by atoms with Gasteiger partial charge >= 0.3 is 0 Å². The summed E-state index contributed by atoms with van der Waals surface area (Å²) in [6.45, 7) is 0. The van der Waals surface area contributed by atoms with Crippen LogP contribution >= 0.6 is 0 Å². The van der Waals surface area contributed by atoms with Gasteiger partial charge in [-0.25, -0.2) is 0 Å². The molecule has 0 spiro atoms. The lowest BCUT2D eigenvalue weighted by Crippen LogP contribution is -1.56. The molecule has 0 bridgehead atoms. The van der Waals surface area contributed by atoms with Crippen LogP contribution in [0.3, 0.4) is 0 Å². The molecule has 0 fully saturated rings. The standard InChI is InChI=1S/CH4NO2S/c1-4-2-5-3/h5H,1H3/q-1. The van der Waals surface area contributed by atoms with Crippen LogP contribution in [0.15, 0.2) is 4.53 Å². The molecular formula is CH4NO2S-.